The third-order valence-electron chi connectivity index (χ3n) is 2.07. The number of hydrogen-bond donors (Lipinski definition) is 1. The van der Waals surface area contributed by atoms with E-state index in [-0.39, 0.29) is 10.4 Å². The number of aromatic nitrogens is 1. The molecular formula is C9H8N2O3S. The van der Waals surface area contributed by atoms with Crippen LogP contribution >= 0.6 is 0 Å². The average molecular weight is 224 g/mol. The van der Waals surface area contributed by atoms with Crippen LogP contribution in [-0.4, -0.2) is 8.42 Å². The van der Waals surface area contributed by atoms with Crippen molar-refractivity contribution in [2.24, 2.45) is 5.14 Å². The topological polar surface area (TPSA) is 87.1 Å². The summed E-state index contributed by atoms with van der Waals surface area (Å²) in [5.41, 5.74) is 0.282. The van der Waals surface area contributed by atoms with Gasteiger partial charge in [-0.3, -0.25) is 0 Å². The standard InChI is InChI=1S/C9H8N2O3S/c10-15(13,14)9-5-6-11(12)8-4-2-1-3-7(8)9/h1-6H,(H2,10,13,14). The predicted molar refractivity (Wildman–Crippen MR) is 54.3 cm³/mol. The largest absolute Gasteiger partial charge is 0.618 e. The molecule has 1 aromatic heterocycles. The molecule has 0 saturated carbocycles. The maximum absolute atomic E-state index is 11.3. The Morgan fingerprint density at radius 3 is 2.53 bits per heavy atom. The number of hydrogen-bond acceptors (Lipinski definition) is 3. The van der Waals surface area contributed by atoms with E-state index in [9.17, 15) is 13.6 Å². The van der Waals surface area contributed by atoms with Crippen molar-refractivity contribution in [2.75, 3.05) is 0 Å². The van der Waals surface area contributed by atoms with Crippen molar-refractivity contribution < 1.29 is 13.1 Å². The van der Waals surface area contributed by atoms with Crippen molar-refractivity contribution in [2.45, 2.75) is 4.90 Å². The van der Waals surface area contributed by atoms with Crippen LogP contribution in [0.2, 0.25) is 0 Å². The van der Waals surface area contributed by atoms with Crippen molar-refractivity contribution in [3.63, 3.8) is 0 Å². The third kappa shape index (κ3) is 1.64. The van der Waals surface area contributed by atoms with Gasteiger partial charge in [0.25, 0.3) is 0 Å². The second kappa shape index (κ2) is 3.18. The summed E-state index contributed by atoms with van der Waals surface area (Å²) in [6.45, 7) is 0. The molecule has 0 spiro atoms. The molecule has 78 valence electrons. The van der Waals surface area contributed by atoms with Gasteiger partial charge in [-0.05, 0) is 6.07 Å². The minimum atomic E-state index is -3.80. The molecule has 15 heavy (non-hydrogen) atoms. The molecule has 5 nitrogen and oxygen atoms in total. The Labute approximate surface area is 86.4 Å². The van der Waals surface area contributed by atoms with Gasteiger partial charge in [0, 0.05) is 12.1 Å². The zero-order chi connectivity index (χ0) is 11.1. The van der Waals surface area contributed by atoms with E-state index < -0.39 is 10.0 Å². The Bertz CT molecular complexity index is 622. The second-order valence-corrected chi connectivity index (χ2v) is 4.60. The van der Waals surface area contributed by atoms with Crippen molar-refractivity contribution in [1.82, 2.24) is 0 Å². The maximum atomic E-state index is 11.3. The predicted octanol–water partition coefficient (Wildman–Crippen LogP) is 0.121. The SMILES string of the molecule is NS(=O)(=O)c1cc[n+]([O-])c2ccccc12. The van der Waals surface area contributed by atoms with E-state index >= 15 is 0 Å². The summed E-state index contributed by atoms with van der Waals surface area (Å²) in [4.78, 5) is -0.0369. The van der Waals surface area contributed by atoms with Crippen LogP contribution in [0.1, 0.15) is 0 Å². The highest BCUT2D eigenvalue weighted by atomic mass is 32.2. The molecule has 0 bridgehead atoms. The van der Waals surface area contributed by atoms with Gasteiger partial charge in [0.1, 0.15) is 4.90 Å². The highest BCUT2D eigenvalue weighted by Gasteiger charge is 2.16. The van der Waals surface area contributed by atoms with Crippen LogP contribution in [-0.2, 0) is 10.0 Å². The summed E-state index contributed by atoms with van der Waals surface area (Å²) in [6, 6.07) is 7.59. The number of nitrogens with zero attached hydrogens (tertiary/aromatic N) is 1. The number of para-hydroxylation sites is 1. The Morgan fingerprint density at radius 2 is 1.87 bits per heavy atom. The lowest BCUT2D eigenvalue weighted by Crippen LogP contribution is -2.27. The normalized spacial score (nSPS) is 11.8. The van der Waals surface area contributed by atoms with E-state index in [1.807, 2.05) is 0 Å². The summed E-state index contributed by atoms with van der Waals surface area (Å²) in [6.07, 6.45) is 1.13. The number of sulfonamides is 1. The number of fused-ring (bicyclic) bond motifs is 1. The molecule has 6 heteroatoms. The van der Waals surface area contributed by atoms with Gasteiger partial charge < -0.3 is 5.21 Å². The fourth-order valence-corrected chi connectivity index (χ4v) is 2.16. The fourth-order valence-electron chi connectivity index (χ4n) is 1.43. The molecule has 0 aliphatic heterocycles. The molecule has 0 aliphatic rings. The van der Waals surface area contributed by atoms with Crippen LogP contribution in [0.15, 0.2) is 41.4 Å². The van der Waals surface area contributed by atoms with Gasteiger partial charge in [0.15, 0.2) is 6.20 Å². The van der Waals surface area contributed by atoms with E-state index in [0.717, 1.165) is 6.20 Å². The smallest absolute Gasteiger partial charge is 0.239 e. The zero-order valence-corrected chi connectivity index (χ0v) is 8.44. The lowest BCUT2D eigenvalue weighted by atomic mass is 10.2. The minimum absolute atomic E-state index is 0.0369. The van der Waals surface area contributed by atoms with Crippen LogP contribution in [0.3, 0.4) is 0 Å². The maximum Gasteiger partial charge on any atom is 0.239 e. The van der Waals surface area contributed by atoms with Crippen molar-refractivity contribution in [3.05, 3.63) is 41.7 Å². The fraction of sp³-hybridized carbons (Fsp3) is 0. The van der Waals surface area contributed by atoms with E-state index in [0.29, 0.717) is 10.1 Å². The molecule has 2 rings (SSSR count). The van der Waals surface area contributed by atoms with E-state index in [4.69, 9.17) is 5.14 Å². The summed E-state index contributed by atoms with van der Waals surface area (Å²) in [7, 11) is -3.80. The number of benzene rings is 1. The summed E-state index contributed by atoms with van der Waals surface area (Å²) in [5, 5.41) is 16.7. The molecule has 1 heterocycles. The van der Waals surface area contributed by atoms with Crippen LogP contribution in [0.4, 0.5) is 0 Å². The molecule has 0 radical (unpaired) electrons. The lowest BCUT2D eigenvalue weighted by Gasteiger charge is -2.04. The van der Waals surface area contributed by atoms with Gasteiger partial charge in [-0.2, -0.15) is 4.73 Å². The number of rotatable bonds is 1. The molecule has 0 aliphatic carbocycles. The second-order valence-electron chi connectivity index (χ2n) is 3.07. The van der Waals surface area contributed by atoms with Crippen molar-refractivity contribution in [3.8, 4) is 0 Å². The minimum Gasteiger partial charge on any atom is -0.618 e. The highest BCUT2D eigenvalue weighted by molar-refractivity contribution is 7.89. The molecule has 0 unspecified atom stereocenters. The van der Waals surface area contributed by atoms with Gasteiger partial charge >= 0.3 is 0 Å². The molecular weight excluding hydrogens is 216 g/mol. The first kappa shape index (κ1) is 9.88. The number of nitrogens with two attached hydrogens (primary N) is 1. The van der Waals surface area contributed by atoms with E-state index in [2.05, 4.69) is 0 Å². The van der Waals surface area contributed by atoms with Gasteiger partial charge in [0.2, 0.25) is 15.5 Å². The Hall–Kier alpha value is -1.66. The van der Waals surface area contributed by atoms with Gasteiger partial charge in [-0.1, -0.05) is 12.1 Å². The highest BCUT2D eigenvalue weighted by Crippen LogP contribution is 2.18. The molecule has 0 fully saturated rings. The molecule has 2 N–H and O–H groups in total. The average Bonchev–Trinajstić information content (AvgIpc) is 2.17. The molecule has 0 saturated heterocycles. The summed E-state index contributed by atoms with van der Waals surface area (Å²) < 4.78 is 23.1. The van der Waals surface area contributed by atoms with Crippen LogP contribution in [0, 0.1) is 5.21 Å². The molecule has 2 aromatic rings. The number of primary sulfonamides is 1. The monoisotopic (exact) mass is 224 g/mol. The Kier molecular flexibility index (Phi) is 2.09. The number of pyridine rings is 1. The first-order valence-corrected chi connectivity index (χ1v) is 5.68. The Balaban J connectivity index is 2.96. The molecule has 1 aromatic carbocycles. The van der Waals surface area contributed by atoms with Crippen LogP contribution in [0.5, 0.6) is 0 Å². The molecule has 0 atom stereocenters. The van der Waals surface area contributed by atoms with Crippen LogP contribution < -0.4 is 9.87 Å². The first-order valence-electron chi connectivity index (χ1n) is 4.14. The van der Waals surface area contributed by atoms with E-state index in [1.54, 1.807) is 18.2 Å². The van der Waals surface area contributed by atoms with Crippen LogP contribution in [0.25, 0.3) is 10.9 Å². The summed E-state index contributed by atoms with van der Waals surface area (Å²) in [5.74, 6) is 0. The van der Waals surface area contributed by atoms with Gasteiger partial charge in [-0.15, -0.1) is 0 Å². The molecule has 0 amide bonds. The van der Waals surface area contributed by atoms with Crippen molar-refractivity contribution >= 4 is 20.9 Å². The van der Waals surface area contributed by atoms with E-state index in [1.165, 1.54) is 12.1 Å². The first-order chi connectivity index (χ1) is 7.00. The third-order valence-corrected chi connectivity index (χ3v) is 3.04. The van der Waals surface area contributed by atoms with Crippen molar-refractivity contribution in [1.29, 1.82) is 0 Å². The summed E-state index contributed by atoms with van der Waals surface area (Å²) >= 11 is 0. The van der Waals surface area contributed by atoms with Gasteiger partial charge in [0.05, 0.1) is 5.39 Å². The quantitative estimate of drug-likeness (QED) is 0.551. The lowest BCUT2D eigenvalue weighted by molar-refractivity contribution is -0.577. The zero-order valence-electron chi connectivity index (χ0n) is 7.62. The Morgan fingerprint density at radius 1 is 1.20 bits per heavy atom. The van der Waals surface area contributed by atoms with Gasteiger partial charge in [-0.25, -0.2) is 13.6 Å².